The molecule has 1 aromatic carbocycles. The Bertz CT molecular complexity index is 542. The molecule has 4 heteroatoms. The second kappa shape index (κ2) is 6.37. The van der Waals surface area contributed by atoms with Gasteiger partial charge in [-0.1, -0.05) is 43.7 Å². The van der Waals surface area contributed by atoms with Gasteiger partial charge in [-0.25, -0.2) is 4.79 Å². The summed E-state index contributed by atoms with van der Waals surface area (Å²) in [5, 5.41) is 9.71. The number of esters is 1. The van der Waals surface area contributed by atoms with E-state index in [2.05, 4.69) is 11.9 Å². The first kappa shape index (κ1) is 14.3. The lowest BCUT2D eigenvalue weighted by Crippen LogP contribution is -2.10. The standard InChI is InChI=1S/C16H19NO3/c1-3-4-10-17-14-13(11(2)18)16(19)20-15(14)12-8-6-5-7-9-12/h5-9,15,18H,3-4,10H2,1-2H3/t15-/m0/s1. The highest BCUT2D eigenvalue weighted by Crippen LogP contribution is 2.32. The van der Waals surface area contributed by atoms with Crippen LogP contribution in [0.25, 0.3) is 0 Å². The van der Waals surface area contributed by atoms with Crippen LogP contribution in [-0.2, 0) is 9.53 Å². The molecule has 1 saturated heterocycles. The highest BCUT2D eigenvalue weighted by Gasteiger charge is 2.38. The van der Waals surface area contributed by atoms with Crippen LogP contribution in [0.4, 0.5) is 0 Å². The molecular weight excluding hydrogens is 254 g/mol. The van der Waals surface area contributed by atoms with Gasteiger partial charge in [0.25, 0.3) is 0 Å². The number of cyclic esters (lactones) is 1. The van der Waals surface area contributed by atoms with Gasteiger partial charge in [0.05, 0.1) is 5.71 Å². The summed E-state index contributed by atoms with van der Waals surface area (Å²) in [5.74, 6) is -0.544. The van der Waals surface area contributed by atoms with E-state index in [1.54, 1.807) is 0 Å². The molecule has 1 N–H and O–H groups in total. The quantitative estimate of drug-likeness (QED) is 0.396. The molecule has 0 aliphatic carbocycles. The number of allylic oxidation sites excluding steroid dienone is 1. The maximum Gasteiger partial charge on any atom is 0.344 e. The van der Waals surface area contributed by atoms with E-state index in [1.807, 2.05) is 30.3 Å². The van der Waals surface area contributed by atoms with Crippen LogP contribution < -0.4 is 0 Å². The molecule has 0 radical (unpaired) electrons. The molecule has 1 aliphatic rings. The Labute approximate surface area is 118 Å². The zero-order valence-corrected chi connectivity index (χ0v) is 11.8. The van der Waals surface area contributed by atoms with Crippen molar-refractivity contribution in [1.29, 1.82) is 0 Å². The molecule has 0 aromatic heterocycles. The van der Waals surface area contributed by atoms with Crippen molar-refractivity contribution in [2.45, 2.75) is 32.8 Å². The zero-order valence-electron chi connectivity index (χ0n) is 11.8. The van der Waals surface area contributed by atoms with Crippen LogP contribution in [0.5, 0.6) is 0 Å². The summed E-state index contributed by atoms with van der Waals surface area (Å²) in [5.41, 5.74) is 1.61. The maximum atomic E-state index is 11.9. The zero-order chi connectivity index (χ0) is 14.5. The summed E-state index contributed by atoms with van der Waals surface area (Å²) < 4.78 is 5.38. The van der Waals surface area contributed by atoms with E-state index >= 15 is 0 Å². The van der Waals surface area contributed by atoms with Gasteiger partial charge in [0.2, 0.25) is 0 Å². The van der Waals surface area contributed by atoms with Crippen molar-refractivity contribution in [3.63, 3.8) is 0 Å². The van der Waals surface area contributed by atoms with Gasteiger partial charge in [-0.15, -0.1) is 0 Å². The van der Waals surface area contributed by atoms with E-state index in [0.29, 0.717) is 12.3 Å². The van der Waals surface area contributed by atoms with Crippen molar-refractivity contribution >= 4 is 11.7 Å². The SMILES string of the molecule is CCCCN=C1C(=C(C)O)C(=O)O[C@H]1c1ccccc1. The van der Waals surface area contributed by atoms with Gasteiger partial charge >= 0.3 is 5.97 Å². The number of hydrogen-bond donors (Lipinski definition) is 1. The van der Waals surface area contributed by atoms with Crippen molar-refractivity contribution < 1.29 is 14.6 Å². The number of aliphatic hydroxyl groups is 1. The van der Waals surface area contributed by atoms with Gasteiger partial charge in [-0.05, 0) is 18.9 Å². The number of benzene rings is 1. The van der Waals surface area contributed by atoms with Crippen LogP contribution in [0.3, 0.4) is 0 Å². The van der Waals surface area contributed by atoms with E-state index in [9.17, 15) is 9.90 Å². The molecule has 2 rings (SSSR count). The third-order valence-electron chi connectivity index (χ3n) is 3.19. The molecule has 1 atom stereocenters. The Morgan fingerprint density at radius 3 is 2.65 bits per heavy atom. The Morgan fingerprint density at radius 2 is 2.05 bits per heavy atom. The van der Waals surface area contributed by atoms with Gasteiger partial charge in [-0.2, -0.15) is 0 Å². The molecule has 1 aliphatic heterocycles. The number of unbranched alkanes of at least 4 members (excludes halogenated alkanes) is 1. The number of carbonyl (C=O) groups excluding carboxylic acids is 1. The van der Waals surface area contributed by atoms with Crippen LogP contribution in [0.15, 0.2) is 46.7 Å². The molecule has 0 bridgehead atoms. The van der Waals surface area contributed by atoms with Crippen LogP contribution >= 0.6 is 0 Å². The largest absolute Gasteiger partial charge is 0.512 e. The monoisotopic (exact) mass is 273 g/mol. The minimum absolute atomic E-state index is 0.0383. The summed E-state index contributed by atoms with van der Waals surface area (Å²) in [6.45, 7) is 4.20. The lowest BCUT2D eigenvalue weighted by molar-refractivity contribution is -0.138. The summed E-state index contributed by atoms with van der Waals surface area (Å²) in [6, 6.07) is 9.47. The second-order valence-electron chi connectivity index (χ2n) is 4.78. The summed E-state index contributed by atoms with van der Waals surface area (Å²) in [4.78, 5) is 16.4. The molecule has 20 heavy (non-hydrogen) atoms. The van der Waals surface area contributed by atoms with E-state index in [-0.39, 0.29) is 11.3 Å². The van der Waals surface area contributed by atoms with Gasteiger partial charge in [0.1, 0.15) is 11.3 Å². The molecule has 1 heterocycles. The fraction of sp³-hybridized carbons (Fsp3) is 0.375. The molecule has 106 valence electrons. The minimum atomic E-state index is -0.516. The molecular formula is C16H19NO3. The summed E-state index contributed by atoms with van der Waals surface area (Å²) in [6.07, 6.45) is 1.45. The van der Waals surface area contributed by atoms with Gasteiger partial charge in [-0.3, -0.25) is 4.99 Å². The Kier molecular flexibility index (Phi) is 4.56. The second-order valence-corrected chi connectivity index (χ2v) is 4.78. The number of aliphatic hydroxyl groups excluding tert-OH is 1. The molecule has 1 fully saturated rings. The Balaban J connectivity index is 2.39. The smallest absolute Gasteiger partial charge is 0.344 e. The molecule has 4 nitrogen and oxygen atoms in total. The van der Waals surface area contributed by atoms with Crippen molar-refractivity contribution in [2.75, 3.05) is 6.54 Å². The van der Waals surface area contributed by atoms with E-state index in [0.717, 1.165) is 18.4 Å². The Hall–Kier alpha value is -2.10. The summed E-state index contributed by atoms with van der Waals surface area (Å²) >= 11 is 0. The fourth-order valence-corrected chi connectivity index (χ4v) is 2.16. The van der Waals surface area contributed by atoms with Crippen LogP contribution in [0.1, 0.15) is 38.4 Å². The maximum absolute atomic E-state index is 11.9. The fourth-order valence-electron chi connectivity index (χ4n) is 2.16. The molecule has 1 aromatic rings. The molecule has 0 amide bonds. The number of aliphatic imine (C=N–C) groups is 1. The molecule has 0 unspecified atom stereocenters. The van der Waals surface area contributed by atoms with E-state index in [4.69, 9.17) is 4.74 Å². The first-order valence-electron chi connectivity index (χ1n) is 6.85. The topological polar surface area (TPSA) is 58.9 Å². The first-order valence-corrected chi connectivity index (χ1v) is 6.85. The van der Waals surface area contributed by atoms with Gasteiger partial charge < -0.3 is 9.84 Å². The predicted octanol–water partition coefficient (Wildman–Crippen LogP) is 3.36. The lowest BCUT2D eigenvalue weighted by Gasteiger charge is -2.10. The van der Waals surface area contributed by atoms with Crippen LogP contribution in [-0.4, -0.2) is 23.3 Å². The van der Waals surface area contributed by atoms with E-state index in [1.165, 1.54) is 6.92 Å². The highest BCUT2D eigenvalue weighted by atomic mass is 16.6. The lowest BCUT2D eigenvalue weighted by atomic mass is 10.0. The van der Waals surface area contributed by atoms with Crippen molar-refractivity contribution in [2.24, 2.45) is 4.99 Å². The van der Waals surface area contributed by atoms with Crippen molar-refractivity contribution in [3.8, 4) is 0 Å². The predicted molar refractivity (Wildman–Crippen MR) is 77.8 cm³/mol. The number of ether oxygens (including phenoxy) is 1. The average molecular weight is 273 g/mol. The number of nitrogens with zero attached hydrogens (tertiary/aromatic N) is 1. The van der Waals surface area contributed by atoms with Crippen molar-refractivity contribution in [1.82, 2.24) is 0 Å². The number of rotatable bonds is 4. The summed E-state index contributed by atoms with van der Waals surface area (Å²) in [7, 11) is 0. The normalized spacial score (nSPS) is 23.0. The van der Waals surface area contributed by atoms with Crippen LogP contribution in [0.2, 0.25) is 0 Å². The van der Waals surface area contributed by atoms with E-state index < -0.39 is 12.1 Å². The van der Waals surface area contributed by atoms with Crippen LogP contribution in [0, 0.1) is 0 Å². The third-order valence-corrected chi connectivity index (χ3v) is 3.19. The minimum Gasteiger partial charge on any atom is -0.512 e. The molecule has 0 spiro atoms. The van der Waals surface area contributed by atoms with Gasteiger partial charge in [0.15, 0.2) is 6.10 Å². The highest BCUT2D eigenvalue weighted by molar-refractivity contribution is 6.26. The Morgan fingerprint density at radius 1 is 1.35 bits per heavy atom. The first-order chi connectivity index (χ1) is 9.65. The average Bonchev–Trinajstić information content (AvgIpc) is 2.77. The number of hydrogen-bond acceptors (Lipinski definition) is 4. The molecule has 0 saturated carbocycles. The van der Waals surface area contributed by atoms with Crippen molar-refractivity contribution in [3.05, 3.63) is 47.2 Å². The van der Waals surface area contributed by atoms with Gasteiger partial charge in [0, 0.05) is 6.54 Å². The number of carbonyl (C=O) groups is 1. The third kappa shape index (κ3) is 2.90.